The Morgan fingerprint density at radius 2 is 1.94 bits per heavy atom. The highest BCUT2D eigenvalue weighted by Crippen LogP contribution is 2.07. The Balaban J connectivity index is 0. The number of hydrogen-bond acceptors (Lipinski definition) is 5. The maximum atomic E-state index is 9.25. The zero-order valence-electron chi connectivity index (χ0n) is 10.1. The van der Waals surface area contributed by atoms with E-state index >= 15 is 0 Å². The molecule has 4 N–H and O–H groups in total. The standard InChI is InChI=1S/C8H18O4.C3H4O2/c1-12-8(7(11)6-10)4-2-3-5-9;1-2-3(4)5/h7-11H,2-6H2,1H3;2H,1H2,(H,4,5). The van der Waals surface area contributed by atoms with E-state index in [9.17, 15) is 9.90 Å². The van der Waals surface area contributed by atoms with E-state index in [0.717, 1.165) is 12.5 Å². The number of rotatable bonds is 8. The minimum absolute atomic E-state index is 0.158. The molecule has 0 aliphatic rings. The molecule has 0 fully saturated rings. The highest BCUT2D eigenvalue weighted by atomic mass is 16.5. The molecule has 6 nitrogen and oxygen atoms in total. The van der Waals surface area contributed by atoms with Crippen molar-refractivity contribution in [2.24, 2.45) is 0 Å². The van der Waals surface area contributed by atoms with Crippen molar-refractivity contribution >= 4 is 5.97 Å². The fourth-order valence-electron chi connectivity index (χ4n) is 1.04. The second-order valence-electron chi connectivity index (χ2n) is 3.29. The van der Waals surface area contributed by atoms with Gasteiger partial charge in [-0.05, 0) is 19.3 Å². The van der Waals surface area contributed by atoms with E-state index in [0.29, 0.717) is 12.8 Å². The second kappa shape index (κ2) is 13.1. The van der Waals surface area contributed by atoms with Crippen LogP contribution in [0.25, 0.3) is 0 Å². The van der Waals surface area contributed by atoms with Crippen molar-refractivity contribution in [1.29, 1.82) is 0 Å². The van der Waals surface area contributed by atoms with Gasteiger partial charge in [-0.3, -0.25) is 0 Å². The smallest absolute Gasteiger partial charge is 0.327 e. The van der Waals surface area contributed by atoms with Crippen molar-refractivity contribution in [3.8, 4) is 0 Å². The van der Waals surface area contributed by atoms with Crippen LogP contribution in [0.15, 0.2) is 12.7 Å². The van der Waals surface area contributed by atoms with Crippen molar-refractivity contribution in [2.75, 3.05) is 20.3 Å². The molecular formula is C11H22O6. The van der Waals surface area contributed by atoms with Crippen molar-refractivity contribution in [2.45, 2.75) is 31.5 Å². The first kappa shape index (κ1) is 18.4. The highest BCUT2D eigenvalue weighted by molar-refractivity contribution is 5.78. The molecule has 0 aliphatic carbocycles. The molecular weight excluding hydrogens is 228 g/mol. The Hall–Kier alpha value is -0.950. The quantitative estimate of drug-likeness (QED) is 0.350. The molecule has 0 spiro atoms. The number of aliphatic hydroxyl groups excluding tert-OH is 3. The Morgan fingerprint density at radius 1 is 1.41 bits per heavy atom. The van der Waals surface area contributed by atoms with Gasteiger partial charge in [0.05, 0.1) is 12.7 Å². The molecule has 0 saturated carbocycles. The number of methoxy groups -OCH3 is 1. The van der Waals surface area contributed by atoms with Crippen LogP contribution in [0.4, 0.5) is 0 Å². The van der Waals surface area contributed by atoms with Crippen LogP contribution in [-0.2, 0) is 9.53 Å². The van der Waals surface area contributed by atoms with Crippen molar-refractivity contribution in [3.05, 3.63) is 12.7 Å². The van der Waals surface area contributed by atoms with Gasteiger partial charge in [0, 0.05) is 19.8 Å². The van der Waals surface area contributed by atoms with Crippen LogP contribution in [0.1, 0.15) is 19.3 Å². The molecule has 2 unspecified atom stereocenters. The van der Waals surface area contributed by atoms with Crippen LogP contribution in [0.5, 0.6) is 0 Å². The lowest BCUT2D eigenvalue weighted by atomic mass is 10.1. The van der Waals surface area contributed by atoms with Crippen molar-refractivity contribution < 1.29 is 30.0 Å². The van der Waals surface area contributed by atoms with Crippen LogP contribution in [0.2, 0.25) is 0 Å². The summed E-state index contributed by atoms with van der Waals surface area (Å²) in [6, 6.07) is 0. The average Bonchev–Trinajstić information content (AvgIpc) is 2.34. The summed E-state index contributed by atoms with van der Waals surface area (Å²) in [6.45, 7) is 2.84. The first-order chi connectivity index (χ1) is 8.03. The first-order valence-corrected chi connectivity index (χ1v) is 5.31. The monoisotopic (exact) mass is 250 g/mol. The van der Waals surface area contributed by atoms with Crippen LogP contribution in [0, 0.1) is 0 Å². The summed E-state index contributed by atoms with van der Waals surface area (Å²) in [6.07, 6.45) is 1.87. The Bertz CT molecular complexity index is 194. The Morgan fingerprint density at radius 3 is 2.24 bits per heavy atom. The molecule has 17 heavy (non-hydrogen) atoms. The minimum atomic E-state index is -0.981. The van der Waals surface area contributed by atoms with Crippen molar-refractivity contribution in [1.82, 2.24) is 0 Å². The topological polar surface area (TPSA) is 107 Å². The van der Waals surface area contributed by atoms with Gasteiger partial charge in [-0.25, -0.2) is 4.79 Å². The van der Waals surface area contributed by atoms with Gasteiger partial charge in [0.1, 0.15) is 6.10 Å². The molecule has 0 rings (SSSR count). The molecule has 0 aromatic rings. The van der Waals surface area contributed by atoms with E-state index in [1.165, 1.54) is 7.11 Å². The zero-order valence-corrected chi connectivity index (χ0v) is 10.1. The molecule has 0 aromatic heterocycles. The minimum Gasteiger partial charge on any atom is -0.478 e. The fourth-order valence-corrected chi connectivity index (χ4v) is 1.04. The predicted octanol–water partition coefficient (Wildman–Crippen LogP) is -0.226. The number of carboxylic acids is 1. The summed E-state index contributed by atoms with van der Waals surface area (Å²) in [5.41, 5.74) is 0. The number of hydrogen-bond donors (Lipinski definition) is 4. The predicted molar refractivity (Wildman–Crippen MR) is 62.7 cm³/mol. The molecule has 0 aromatic carbocycles. The lowest BCUT2D eigenvalue weighted by Gasteiger charge is -2.19. The number of aliphatic hydroxyl groups is 3. The van der Waals surface area contributed by atoms with Gasteiger partial charge in [-0.15, -0.1) is 0 Å². The Labute approximate surface area is 101 Å². The maximum absolute atomic E-state index is 9.25. The lowest BCUT2D eigenvalue weighted by Crippen LogP contribution is -2.31. The van der Waals surface area contributed by atoms with E-state index in [1.807, 2.05) is 0 Å². The van der Waals surface area contributed by atoms with Gasteiger partial charge in [0.25, 0.3) is 0 Å². The lowest BCUT2D eigenvalue weighted by molar-refractivity contribution is -0.131. The first-order valence-electron chi connectivity index (χ1n) is 5.31. The molecule has 0 heterocycles. The van der Waals surface area contributed by atoms with Gasteiger partial charge in [-0.2, -0.15) is 0 Å². The molecule has 6 heteroatoms. The third-order valence-corrected chi connectivity index (χ3v) is 1.99. The van der Waals surface area contributed by atoms with Crippen LogP contribution in [0.3, 0.4) is 0 Å². The summed E-state index contributed by atoms with van der Waals surface area (Å²) in [5.74, 6) is -0.981. The van der Waals surface area contributed by atoms with E-state index in [-0.39, 0.29) is 19.3 Å². The number of unbranched alkanes of at least 4 members (excludes halogenated alkanes) is 1. The molecule has 0 bridgehead atoms. The summed E-state index contributed by atoms with van der Waals surface area (Å²) in [5, 5.41) is 33.9. The van der Waals surface area contributed by atoms with Gasteiger partial charge < -0.3 is 25.2 Å². The SMILES string of the molecule is C=CC(=O)O.COC(CCCCO)C(O)CO. The number of ether oxygens (including phenoxy) is 1. The maximum Gasteiger partial charge on any atom is 0.327 e. The van der Waals surface area contributed by atoms with Gasteiger partial charge in [0.2, 0.25) is 0 Å². The Kier molecular flexibility index (Phi) is 14.2. The van der Waals surface area contributed by atoms with Crippen LogP contribution >= 0.6 is 0 Å². The molecule has 102 valence electrons. The third kappa shape index (κ3) is 13.0. The van der Waals surface area contributed by atoms with E-state index in [1.54, 1.807) is 0 Å². The summed E-state index contributed by atoms with van der Waals surface area (Å²) in [7, 11) is 1.50. The molecule has 0 radical (unpaired) electrons. The zero-order chi connectivity index (χ0) is 13.7. The second-order valence-corrected chi connectivity index (χ2v) is 3.29. The van der Waals surface area contributed by atoms with E-state index < -0.39 is 12.1 Å². The summed E-state index contributed by atoms with van der Waals surface area (Å²) in [4.78, 5) is 9.25. The average molecular weight is 250 g/mol. The highest BCUT2D eigenvalue weighted by Gasteiger charge is 2.16. The number of carboxylic acid groups (broad SMARTS) is 1. The normalized spacial score (nSPS) is 13.2. The largest absolute Gasteiger partial charge is 0.478 e. The fraction of sp³-hybridized carbons (Fsp3) is 0.727. The molecule has 2 atom stereocenters. The van der Waals surface area contributed by atoms with E-state index in [4.69, 9.17) is 20.1 Å². The summed E-state index contributed by atoms with van der Waals surface area (Å²) >= 11 is 0. The van der Waals surface area contributed by atoms with Crippen molar-refractivity contribution in [3.63, 3.8) is 0 Å². The van der Waals surface area contributed by atoms with Crippen LogP contribution in [-0.4, -0.2) is 58.9 Å². The molecule has 0 saturated heterocycles. The number of carbonyl (C=O) groups is 1. The summed E-state index contributed by atoms with van der Waals surface area (Å²) < 4.78 is 4.96. The third-order valence-electron chi connectivity index (χ3n) is 1.99. The molecule has 0 aliphatic heterocycles. The van der Waals surface area contributed by atoms with Gasteiger partial charge >= 0.3 is 5.97 Å². The van der Waals surface area contributed by atoms with Crippen LogP contribution < -0.4 is 0 Å². The molecule has 0 amide bonds. The van der Waals surface area contributed by atoms with Gasteiger partial charge in [0.15, 0.2) is 0 Å². The van der Waals surface area contributed by atoms with E-state index in [2.05, 4.69) is 6.58 Å². The number of aliphatic carboxylic acids is 1. The van der Waals surface area contributed by atoms with Gasteiger partial charge in [-0.1, -0.05) is 6.58 Å².